The molecule has 1 aliphatic rings. The Kier molecular flexibility index (Phi) is 10.7. The summed E-state index contributed by atoms with van der Waals surface area (Å²) in [4.78, 5) is 49.7. The summed E-state index contributed by atoms with van der Waals surface area (Å²) in [6, 6.07) is 14.4. The molecular formula is C28H27F6N7O4. The molecule has 240 valence electrons. The largest absolute Gasteiger partial charge is 0.458 e. The maximum Gasteiger partial charge on any atom is 0.458 e. The van der Waals surface area contributed by atoms with Gasteiger partial charge < -0.3 is 22.1 Å². The van der Waals surface area contributed by atoms with Crippen LogP contribution in [0.25, 0.3) is 11.4 Å². The minimum absolute atomic E-state index is 0.0121. The lowest BCUT2D eigenvalue weighted by Gasteiger charge is -2.27. The van der Waals surface area contributed by atoms with E-state index in [2.05, 4.69) is 15.6 Å². The third-order valence-electron chi connectivity index (χ3n) is 6.43. The van der Waals surface area contributed by atoms with E-state index in [-0.39, 0.29) is 36.4 Å². The van der Waals surface area contributed by atoms with Crippen molar-refractivity contribution in [3.63, 3.8) is 0 Å². The van der Waals surface area contributed by atoms with Crippen molar-refractivity contribution in [2.24, 2.45) is 5.73 Å². The third-order valence-corrected chi connectivity index (χ3v) is 6.43. The molecule has 1 aromatic heterocycles. The van der Waals surface area contributed by atoms with E-state index in [4.69, 9.17) is 16.9 Å². The monoisotopic (exact) mass is 639 g/mol. The highest BCUT2D eigenvalue weighted by Crippen LogP contribution is 2.25. The predicted octanol–water partition coefficient (Wildman–Crippen LogP) is 3.31. The van der Waals surface area contributed by atoms with Crippen LogP contribution in [0.1, 0.15) is 30.4 Å². The van der Waals surface area contributed by atoms with Gasteiger partial charge in [-0.15, -0.1) is 0 Å². The number of nitrogens with one attached hydrogen (secondary N) is 3. The summed E-state index contributed by atoms with van der Waals surface area (Å²) in [5.41, 5.74) is 14.2. The van der Waals surface area contributed by atoms with Gasteiger partial charge in [0, 0.05) is 29.4 Å². The highest BCUT2D eigenvalue weighted by molar-refractivity contribution is 6.41. The minimum Gasteiger partial charge on any atom is -0.399 e. The molecule has 1 fully saturated rings. The molecule has 3 aromatic rings. The number of anilines is 2. The van der Waals surface area contributed by atoms with Crippen molar-refractivity contribution in [2.75, 3.05) is 11.1 Å². The van der Waals surface area contributed by atoms with E-state index in [1.165, 1.54) is 10.8 Å². The second-order valence-corrected chi connectivity index (χ2v) is 9.83. The smallest absolute Gasteiger partial charge is 0.399 e. The molecule has 1 aliphatic carbocycles. The lowest BCUT2D eigenvalue weighted by molar-refractivity contribution is -0.193. The minimum atomic E-state index is -5.77. The number of aromatic nitrogens is 2. The van der Waals surface area contributed by atoms with Crippen LogP contribution < -0.4 is 27.7 Å². The van der Waals surface area contributed by atoms with Crippen molar-refractivity contribution in [2.45, 2.75) is 50.7 Å². The highest BCUT2D eigenvalue weighted by atomic mass is 19.4. The summed E-state index contributed by atoms with van der Waals surface area (Å²) in [5.74, 6) is -6.76. The van der Waals surface area contributed by atoms with Gasteiger partial charge in [0.2, 0.25) is 5.91 Å². The standard InChI is InChI=1S/C24H27N7O2.C4F6O2/c25-18-4-1-3-17(11-18)23-29-13-20(30-19-5-2-6-19)24(33)31(23)14-21(32)28-12-15-7-9-16(10-8-15)22(26)27;5-3(6,7)1(11)2(12)4(8,9)10/h1,3-4,7-11,13,19,30H,2,5-6,12,14,25H2,(H3,26,27)(H,28,32);. The number of ketones is 2. The van der Waals surface area contributed by atoms with Crippen LogP contribution in [0.15, 0.2) is 59.5 Å². The van der Waals surface area contributed by atoms with Gasteiger partial charge in [-0.1, -0.05) is 36.4 Å². The van der Waals surface area contributed by atoms with Gasteiger partial charge in [-0.2, -0.15) is 26.3 Å². The molecule has 0 bridgehead atoms. The maximum absolute atomic E-state index is 13.3. The number of nitrogens with two attached hydrogens (primary N) is 2. The molecule has 0 radical (unpaired) electrons. The number of carbonyl (C=O) groups excluding carboxylic acids is 3. The Balaban J connectivity index is 0.000000392. The number of rotatable bonds is 9. The molecule has 7 N–H and O–H groups in total. The molecular weight excluding hydrogens is 612 g/mol. The van der Waals surface area contributed by atoms with E-state index in [1.54, 1.807) is 42.5 Å². The van der Waals surface area contributed by atoms with Crippen molar-refractivity contribution in [1.29, 1.82) is 5.41 Å². The molecule has 11 nitrogen and oxygen atoms in total. The topological polar surface area (TPSA) is 186 Å². The second-order valence-electron chi connectivity index (χ2n) is 9.83. The first kappa shape index (κ1) is 34.3. The van der Waals surface area contributed by atoms with Gasteiger partial charge >= 0.3 is 23.9 Å². The lowest BCUT2D eigenvalue weighted by Crippen LogP contribution is -2.39. The average molecular weight is 640 g/mol. The normalized spacial score (nSPS) is 13.1. The van der Waals surface area contributed by atoms with Crippen LogP contribution in [-0.4, -0.2) is 51.3 Å². The molecule has 1 heterocycles. The van der Waals surface area contributed by atoms with Crippen LogP contribution in [0.3, 0.4) is 0 Å². The van der Waals surface area contributed by atoms with Crippen molar-refractivity contribution in [1.82, 2.24) is 14.9 Å². The number of Topliss-reactive ketones (excluding diaryl/α,β-unsaturated/α-hetero) is 2. The zero-order valence-electron chi connectivity index (χ0n) is 23.3. The number of carbonyl (C=O) groups is 3. The van der Waals surface area contributed by atoms with Gasteiger partial charge in [0.1, 0.15) is 23.9 Å². The van der Waals surface area contributed by atoms with Crippen molar-refractivity contribution >= 4 is 34.7 Å². The molecule has 17 heteroatoms. The molecule has 0 spiro atoms. The molecule has 0 saturated heterocycles. The van der Waals surface area contributed by atoms with Gasteiger partial charge in [-0.05, 0) is 37.0 Å². The number of benzene rings is 2. The van der Waals surface area contributed by atoms with E-state index in [0.717, 1.165) is 24.8 Å². The summed E-state index contributed by atoms with van der Waals surface area (Å²) in [6.07, 6.45) is -6.85. The molecule has 0 atom stereocenters. The fraction of sp³-hybridized carbons (Fsp3) is 0.286. The van der Waals surface area contributed by atoms with Crippen LogP contribution in [0, 0.1) is 5.41 Å². The number of alkyl halides is 6. The van der Waals surface area contributed by atoms with Crippen LogP contribution >= 0.6 is 0 Å². The van der Waals surface area contributed by atoms with E-state index < -0.39 is 23.9 Å². The molecule has 2 aromatic carbocycles. The van der Waals surface area contributed by atoms with Gasteiger partial charge in [-0.3, -0.25) is 29.2 Å². The van der Waals surface area contributed by atoms with Gasteiger partial charge in [-0.25, -0.2) is 4.98 Å². The maximum atomic E-state index is 13.3. The summed E-state index contributed by atoms with van der Waals surface area (Å²) >= 11 is 0. The van der Waals surface area contributed by atoms with E-state index in [9.17, 15) is 45.5 Å². The van der Waals surface area contributed by atoms with Crippen molar-refractivity contribution in [3.05, 3.63) is 76.2 Å². The Labute approximate surface area is 251 Å². The summed E-state index contributed by atoms with van der Waals surface area (Å²) in [7, 11) is 0. The number of hydrogen-bond acceptors (Lipinski definition) is 8. The van der Waals surface area contributed by atoms with E-state index in [1.807, 2.05) is 6.07 Å². The fourth-order valence-corrected chi connectivity index (χ4v) is 3.88. The van der Waals surface area contributed by atoms with Gasteiger partial charge in [0.15, 0.2) is 0 Å². The molecule has 1 amide bonds. The second kappa shape index (κ2) is 14.0. The van der Waals surface area contributed by atoms with Crippen molar-refractivity contribution in [3.8, 4) is 11.4 Å². The molecule has 45 heavy (non-hydrogen) atoms. The molecule has 4 rings (SSSR count). The number of nitrogen functional groups attached to an aromatic ring is 2. The van der Waals surface area contributed by atoms with Gasteiger partial charge in [0.05, 0.1) is 6.20 Å². The fourth-order valence-electron chi connectivity index (χ4n) is 3.88. The Morgan fingerprint density at radius 1 is 0.978 bits per heavy atom. The number of halogens is 6. The quantitative estimate of drug-likeness (QED) is 0.0776. The first-order valence-corrected chi connectivity index (χ1v) is 13.1. The molecule has 1 saturated carbocycles. The molecule has 0 unspecified atom stereocenters. The van der Waals surface area contributed by atoms with Crippen LogP contribution in [0.2, 0.25) is 0 Å². The van der Waals surface area contributed by atoms with Crippen molar-refractivity contribution < 1.29 is 40.7 Å². The van der Waals surface area contributed by atoms with E-state index >= 15 is 0 Å². The summed E-state index contributed by atoms with van der Waals surface area (Å²) < 4.78 is 68.3. The van der Waals surface area contributed by atoms with Crippen LogP contribution in [-0.2, 0) is 27.5 Å². The summed E-state index contributed by atoms with van der Waals surface area (Å²) in [5, 5.41) is 13.5. The highest BCUT2D eigenvalue weighted by Gasteiger charge is 2.54. The Morgan fingerprint density at radius 3 is 2.07 bits per heavy atom. The van der Waals surface area contributed by atoms with Gasteiger partial charge in [0.25, 0.3) is 5.56 Å². The predicted molar refractivity (Wildman–Crippen MR) is 151 cm³/mol. The van der Waals surface area contributed by atoms with E-state index in [0.29, 0.717) is 28.3 Å². The SMILES string of the molecule is N=C(N)c1ccc(CNC(=O)Cn2c(-c3cccc(N)c3)ncc(NC3CCC3)c2=O)cc1.O=C(C(=O)C(F)(F)F)C(F)(F)F. The number of amides is 1. The number of nitrogens with zero attached hydrogens (tertiary/aromatic N) is 2. The van der Waals surface area contributed by atoms with Crippen LogP contribution in [0.4, 0.5) is 37.7 Å². The lowest BCUT2D eigenvalue weighted by atomic mass is 9.93. The Hall–Kier alpha value is -5.22. The number of hydrogen-bond donors (Lipinski definition) is 5. The van der Waals surface area contributed by atoms with Crippen LogP contribution in [0.5, 0.6) is 0 Å². The molecule has 0 aliphatic heterocycles. The zero-order valence-corrected chi connectivity index (χ0v) is 23.3. The third kappa shape index (κ3) is 9.38. The number of amidine groups is 1. The average Bonchev–Trinajstić information content (AvgIpc) is 2.94. The Morgan fingerprint density at radius 2 is 1.58 bits per heavy atom. The first-order chi connectivity index (χ1) is 21.0. The summed E-state index contributed by atoms with van der Waals surface area (Å²) in [6.45, 7) is 0.106. The first-order valence-electron chi connectivity index (χ1n) is 13.1. The Bertz CT molecular complexity index is 1610. The zero-order chi connectivity index (χ0) is 33.5.